The number of ether oxygens (including phenoxy) is 1. The first-order chi connectivity index (χ1) is 13.6. The van der Waals surface area contributed by atoms with Crippen LogP contribution in [0.2, 0.25) is 0 Å². The zero-order valence-electron chi connectivity index (χ0n) is 16.8. The first-order valence-electron chi connectivity index (χ1n) is 9.62. The molecular weight excluding hydrogens is 352 g/mol. The number of benzene rings is 1. The van der Waals surface area contributed by atoms with E-state index in [1.54, 1.807) is 11.1 Å². The fraction of sp³-hybridized carbons (Fsp3) is 0.318. The Balaban J connectivity index is 2.08. The largest absolute Gasteiger partial charge is 0.494 e. The number of nitrogens with one attached hydrogen (secondary N) is 1. The number of hydrogen-bond acceptors (Lipinski definition) is 5. The third kappa shape index (κ3) is 4.06. The van der Waals surface area contributed by atoms with Crippen molar-refractivity contribution in [1.29, 1.82) is 0 Å². The molecule has 0 saturated carbocycles. The molecular formula is C22H26N4O2. The molecule has 0 aliphatic heterocycles. The number of aryl methyl sites for hydroxylation is 1. The third-order valence-corrected chi connectivity index (χ3v) is 4.58. The highest BCUT2D eigenvalue weighted by Crippen LogP contribution is 2.30. The predicted molar refractivity (Wildman–Crippen MR) is 112 cm³/mol. The summed E-state index contributed by atoms with van der Waals surface area (Å²) in [5, 5.41) is 4.22. The van der Waals surface area contributed by atoms with Gasteiger partial charge in [-0.15, -0.1) is 0 Å². The summed E-state index contributed by atoms with van der Waals surface area (Å²) in [4.78, 5) is 23.8. The van der Waals surface area contributed by atoms with Gasteiger partial charge in [0.1, 0.15) is 5.75 Å². The van der Waals surface area contributed by atoms with Gasteiger partial charge >= 0.3 is 0 Å². The molecule has 0 aliphatic rings. The Labute approximate surface area is 165 Å². The van der Waals surface area contributed by atoms with Gasteiger partial charge in [0, 0.05) is 36.1 Å². The minimum Gasteiger partial charge on any atom is -0.494 e. The molecule has 6 heteroatoms. The molecule has 146 valence electrons. The van der Waals surface area contributed by atoms with E-state index < -0.39 is 0 Å². The number of pyridine rings is 2. The van der Waals surface area contributed by atoms with Crippen molar-refractivity contribution in [1.82, 2.24) is 14.9 Å². The molecule has 0 fully saturated rings. The lowest BCUT2D eigenvalue weighted by Crippen LogP contribution is -2.31. The fourth-order valence-electron chi connectivity index (χ4n) is 3.10. The average molecular weight is 378 g/mol. The molecule has 3 aromatic rings. The van der Waals surface area contributed by atoms with Crippen LogP contribution in [0.4, 0.5) is 11.4 Å². The van der Waals surface area contributed by atoms with Crippen molar-refractivity contribution in [3.8, 4) is 5.75 Å². The summed E-state index contributed by atoms with van der Waals surface area (Å²) >= 11 is 0. The predicted octanol–water partition coefficient (Wildman–Crippen LogP) is 4.56. The van der Waals surface area contributed by atoms with E-state index in [1.165, 1.54) is 0 Å². The van der Waals surface area contributed by atoms with Crippen molar-refractivity contribution in [2.45, 2.75) is 27.7 Å². The van der Waals surface area contributed by atoms with E-state index in [0.29, 0.717) is 30.9 Å². The van der Waals surface area contributed by atoms with Gasteiger partial charge < -0.3 is 15.0 Å². The number of hydrogen-bond donors (Lipinski definition) is 1. The van der Waals surface area contributed by atoms with Crippen LogP contribution in [0.15, 0.2) is 42.6 Å². The van der Waals surface area contributed by atoms with Crippen LogP contribution in [-0.2, 0) is 0 Å². The normalized spacial score (nSPS) is 10.7. The van der Waals surface area contributed by atoms with Gasteiger partial charge in [-0.25, -0.2) is 9.97 Å². The SMILES string of the molecule is CCOc1ccc(Nc2c(C(=O)N(CC)CC)cnc3nc(C)ccc23)cc1. The van der Waals surface area contributed by atoms with Crippen molar-refractivity contribution in [3.63, 3.8) is 0 Å². The minimum atomic E-state index is -0.0478. The Hall–Kier alpha value is -3.15. The highest BCUT2D eigenvalue weighted by molar-refractivity contribution is 6.07. The molecule has 0 aliphatic carbocycles. The number of amides is 1. The van der Waals surface area contributed by atoms with Crippen LogP contribution in [0.3, 0.4) is 0 Å². The number of carbonyl (C=O) groups is 1. The van der Waals surface area contributed by atoms with Crippen molar-refractivity contribution < 1.29 is 9.53 Å². The van der Waals surface area contributed by atoms with E-state index in [1.807, 2.05) is 64.1 Å². The molecule has 2 heterocycles. The highest BCUT2D eigenvalue weighted by atomic mass is 16.5. The maximum Gasteiger partial charge on any atom is 0.257 e. The van der Waals surface area contributed by atoms with Gasteiger partial charge in [-0.2, -0.15) is 0 Å². The Morgan fingerprint density at radius 3 is 2.43 bits per heavy atom. The van der Waals surface area contributed by atoms with Crippen LogP contribution < -0.4 is 10.1 Å². The maximum atomic E-state index is 13.1. The van der Waals surface area contributed by atoms with E-state index in [0.717, 1.165) is 28.2 Å². The second-order valence-corrected chi connectivity index (χ2v) is 6.43. The Morgan fingerprint density at radius 2 is 1.79 bits per heavy atom. The van der Waals surface area contributed by atoms with E-state index in [-0.39, 0.29) is 5.91 Å². The summed E-state index contributed by atoms with van der Waals surface area (Å²) in [5.74, 6) is 0.762. The fourth-order valence-corrected chi connectivity index (χ4v) is 3.10. The van der Waals surface area contributed by atoms with Crippen LogP contribution in [-0.4, -0.2) is 40.5 Å². The Bertz CT molecular complexity index is 966. The monoisotopic (exact) mass is 378 g/mol. The topological polar surface area (TPSA) is 67.3 Å². The molecule has 1 N–H and O–H groups in total. The molecule has 6 nitrogen and oxygen atoms in total. The van der Waals surface area contributed by atoms with Gasteiger partial charge in [-0.05, 0) is 64.1 Å². The number of rotatable bonds is 7. The van der Waals surface area contributed by atoms with Gasteiger partial charge in [0.25, 0.3) is 5.91 Å². The summed E-state index contributed by atoms with van der Waals surface area (Å²) in [6, 6.07) is 11.6. The molecule has 3 rings (SSSR count). The molecule has 0 radical (unpaired) electrons. The van der Waals surface area contributed by atoms with E-state index in [2.05, 4.69) is 15.3 Å². The molecule has 1 amide bonds. The summed E-state index contributed by atoms with van der Waals surface area (Å²) in [5.41, 5.74) is 3.62. The summed E-state index contributed by atoms with van der Waals surface area (Å²) in [7, 11) is 0. The first-order valence-corrected chi connectivity index (χ1v) is 9.62. The molecule has 0 unspecified atom stereocenters. The number of nitrogens with zero attached hydrogens (tertiary/aromatic N) is 3. The summed E-state index contributed by atoms with van der Waals surface area (Å²) in [6.07, 6.45) is 1.62. The second-order valence-electron chi connectivity index (χ2n) is 6.43. The van der Waals surface area contributed by atoms with Crippen molar-refractivity contribution in [2.24, 2.45) is 0 Å². The lowest BCUT2D eigenvalue weighted by molar-refractivity contribution is 0.0773. The Kier molecular flexibility index (Phi) is 6.09. The summed E-state index contributed by atoms with van der Waals surface area (Å²) in [6.45, 7) is 9.73. The van der Waals surface area contributed by atoms with Crippen LogP contribution in [0.1, 0.15) is 36.8 Å². The van der Waals surface area contributed by atoms with Crippen LogP contribution in [0, 0.1) is 6.92 Å². The maximum absolute atomic E-state index is 13.1. The minimum absolute atomic E-state index is 0.0478. The number of fused-ring (bicyclic) bond motifs is 1. The van der Waals surface area contributed by atoms with Crippen LogP contribution in [0.5, 0.6) is 5.75 Å². The van der Waals surface area contributed by atoms with Gasteiger partial charge in [-0.1, -0.05) is 0 Å². The molecule has 1 aromatic carbocycles. The quantitative estimate of drug-likeness (QED) is 0.653. The van der Waals surface area contributed by atoms with E-state index in [9.17, 15) is 4.79 Å². The number of carbonyl (C=O) groups excluding carboxylic acids is 1. The van der Waals surface area contributed by atoms with Crippen molar-refractivity contribution in [3.05, 3.63) is 53.9 Å². The lowest BCUT2D eigenvalue weighted by Gasteiger charge is -2.21. The van der Waals surface area contributed by atoms with Crippen LogP contribution in [0.25, 0.3) is 11.0 Å². The van der Waals surface area contributed by atoms with Crippen LogP contribution >= 0.6 is 0 Å². The lowest BCUT2D eigenvalue weighted by atomic mass is 10.1. The molecule has 28 heavy (non-hydrogen) atoms. The standard InChI is InChI=1S/C22H26N4O2/c1-5-26(6-2)22(27)19-14-23-21-18(13-8-15(4)24-21)20(19)25-16-9-11-17(12-10-16)28-7-3/h8-14H,5-7H2,1-4H3,(H,23,24,25). The first kappa shape index (κ1) is 19.6. The van der Waals surface area contributed by atoms with Gasteiger partial charge in [0.2, 0.25) is 0 Å². The highest BCUT2D eigenvalue weighted by Gasteiger charge is 2.20. The number of aromatic nitrogens is 2. The van der Waals surface area contributed by atoms with Gasteiger partial charge in [0.05, 0.1) is 17.9 Å². The molecule has 0 spiro atoms. The van der Waals surface area contributed by atoms with Crippen molar-refractivity contribution >= 4 is 28.3 Å². The van der Waals surface area contributed by atoms with E-state index in [4.69, 9.17) is 4.74 Å². The molecule has 0 saturated heterocycles. The molecule has 0 bridgehead atoms. The second kappa shape index (κ2) is 8.69. The summed E-state index contributed by atoms with van der Waals surface area (Å²) < 4.78 is 5.51. The van der Waals surface area contributed by atoms with Gasteiger partial charge in [-0.3, -0.25) is 4.79 Å². The van der Waals surface area contributed by atoms with Crippen molar-refractivity contribution in [2.75, 3.05) is 25.0 Å². The molecule has 0 atom stereocenters. The van der Waals surface area contributed by atoms with Gasteiger partial charge in [0.15, 0.2) is 5.65 Å². The third-order valence-electron chi connectivity index (χ3n) is 4.58. The van der Waals surface area contributed by atoms with E-state index >= 15 is 0 Å². The average Bonchev–Trinajstić information content (AvgIpc) is 2.70. The number of anilines is 2. The smallest absolute Gasteiger partial charge is 0.257 e. The Morgan fingerprint density at radius 1 is 1.07 bits per heavy atom. The zero-order chi connectivity index (χ0) is 20.1. The molecule has 2 aromatic heterocycles. The zero-order valence-corrected chi connectivity index (χ0v) is 16.8.